The summed E-state index contributed by atoms with van der Waals surface area (Å²) in [6.45, 7) is 1.76. The molecule has 1 aromatic carbocycles. The Morgan fingerprint density at radius 3 is 2.71 bits per heavy atom. The minimum Gasteiger partial charge on any atom is -0.366 e. The molecule has 3 N–H and O–H groups in total. The lowest BCUT2D eigenvalue weighted by molar-refractivity contribution is 0.100. The average molecular weight is 522 g/mol. The molecular formula is C27H26F3N7O. The lowest BCUT2D eigenvalue weighted by Gasteiger charge is -2.26. The van der Waals surface area contributed by atoms with Gasteiger partial charge in [-0.15, -0.1) is 0 Å². The molecular weight excluding hydrogens is 495 g/mol. The number of anilines is 1. The zero-order valence-corrected chi connectivity index (χ0v) is 20.4. The first-order valence-corrected chi connectivity index (χ1v) is 12.6. The van der Waals surface area contributed by atoms with E-state index in [1.165, 1.54) is 6.20 Å². The van der Waals surface area contributed by atoms with Crippen molar-refractivity contribution in [2.75, 3.05) is 24.5 Å². The number of fused-ring (bicyclic) bond motifs is 1. The Hall–Kier alpha value is -3.99. The molecule has 196 valence electrons. The smallest absolute Gasteiger partial charge is 0.250 e. The lowest BCUT2D eigenvalue weighted by atomic mass is 10.0. The lowest BCUT2D eigenvalue weighted by Crippen LogP contribution is -2.29. The molecule has 38 heavy (non-hydrogen) atoms. The number of pyridine rings is 2. The molecule has 1 amide bonds. The summed E-state index contributed by atoms with van der Waals surface area (Å²) in [5.41, 5.74) is 8.01. The molecule has 0 bridgehead atoms. The van der Waals surface area contributed by atoms with Gasteiger partial charge in [-0.05, 0) is 56.3 Å². The van der Waals surface area contributed by atoms with Gasteiger partial charge in [0, 0.05) is 35.5 Å². The SMILES string of the molecule is NC(=O)c1cnc2ccc(N3C[C@@H](F)C[C@@H]3c3cc(F)ccc3F)nc2c1-c1cnn(C2CCNCC2)c1. The van der Waals surface area contributed by atoms with Crippen molar-refractivity contribution in [2.24, 2.45) is 5.73 Å². The fourth-order valence-electron chi connectivity index (χ4n) is 5.54. The van der Waals surface area contributed by atoms with Crippen LogP contribution >= 0.6 is 0 Å². The molecule has 2 atom stereocenters. The number of nitrogens with zero attached hydrogens (tertiary/aromatic N) is 5. The van der Waals surface area contributed by atoms with E-state index in [0.717, 1.165) is 44.1 Å². The second kappa shape index (κ2) is 9.71. The van der Waals surface area contributed by atoms with E-state index >= 15 is 0 Å². The van der Waals surface area contributed by atoms with Crippen molar-refractivity contribution in [3.8, 4) is 11.1 Å². The number of piperidine rings is 1. The number of carbonyl (C=O) groups is 1. The summed E-state index contributed by atoms with van der Waals surface area (Å²) in [5.74, 6) is -1.51. The third-order valence-corrected chi connectivity index (χ3v) is 7.40. The van der Waals surface area contributed by atoms with Gasteiger partial charge in [0.15, 0.2) is 0 Å². The maximum atomic E-state index is 14.7. The first-order valence-electron chi connectivity index (χ1n) is 12.6. The van der Waals surface area contributed by atoms with Crippen LogP contribution < -0.4 is 16.0 Å². The highest BCUT2D eigenvalue weighted by atomic mass is 19.1. The van der Waals surface area contributed by atoms with Crippen molar-refractivity contribution in [1.29, 1.82) is 0 Å². The van der Waals surface area contributed by atoms with E-state index in [1.54, 1.807) is 23.2 Å². The van der Waals surface area contributed by atoms with Crippen LogP contribution in [-0.2, 0) is 0 Å². The Balaban J connectivity index is 1.46. The van der Waals surface area contributed by atoms with E-state index in [-0.39, 0.29) is 30.1 Å². The van der Waals surface area contributed by atoms with Gasteiger partial charge in [-0.1, -0.05) is 0 Å². The monoisotopic (exact) mass is 521 g/mol. The first kappa shape index (κ1) is 24.4. The van der Waals surface area contributed by atoms with Crippen LogP contribution in [0.4, 0.5) is 19.0 Å². The fourth-order valence-corrected chi connectivity index (χ4v) is 5.54. The summed E-state index contributed by atoms with van der Waals surface area (Å²) >= 11 is 0. The minimum atomic E-state index is -1.25. The minimum absolute atomic E-state index is 0.00443. The zero-order valence-electron chi connectivity index (χ0n) is 20.4. The molecule has 11 heteroatoms. The van der Waals surface area contributed by atoms with Crippen molar-refractivity contribution < 1.29 is 18.0 Å². The molecule has 8 nitrogen and oxygen atoms in total. The summed E-state index contributed by atoms with van der Waals surface area (Å²) < 4.78 is 45.2. The molecule has 0 spiro atoms. The van der Waals surface area contributed by atoms with E-state index in [0.29, 0.717) is 28.0 Å². The number of benzene rings is 1. The van der Waals surface area contributed by atoms with Gasteiger partial charge in [0.1, 0.15) is 23.6 Å². The number of carbonyl (C=O) groups excluding carboxylic acids is 1. The van der Waals surface area contributed by atoms with Gasteiger partial charge in [-0.25, -0.2) is 18.2 Å². The summed E-state index contributed by atoms with van der Waals surface area (Å²) in [5, 5.41) is 7.89. The topological polar surface area (TPSA) is 102 Å². The molecule has 2 saturated heterocycles. The van der Waals surface area contributed by atoms with Gasteiger partial charge >= 0.3 is 0 Å². The van der Waals surface area contributed by atoms with Crippen LogP contribution in [0.25, 0.3) is 22.2 Å². The molecule has 5 heterocycles. The summed E-state index contributed by atoms with van der Waals surface area (Å²) in [7, 11) is 0. The van der Waals surface area contributed by atoms with Crippen molar-refractivity contribution in [3.05, 3.63) is 71.7 Å². The van der Waals surface area contributed by atoms with E-state index in [2.05, 4.69) is 15.4 Å². The Bertz CT molecular complexity index is 1520. The standard InChI is InChI=1S/C27H26F3N7O/c28-16-1-2-21(30)19(9-16)23-10-17(29)14-36(23)24-4-3-22-26(35-24)25(20(12-33-22)27(31)38)15-11-34-37(13-15)18-5-7-32-8-6-18/h1-4,9,11-13,17-18,23,32H,5-8,10,14H2,(H2,31,38)/t17-,23+/m0/s1. The second-order valence-corrected chi connectivity index (χ2v) is 9.81. The van der Waals surface area contributed by atoms with Gasteiger partial charge in [0.25, 0.3) is 5.91 Å². The average Bonchev–Trinajstić information content (AvgIpc) is 3.56. The quantitative estimate of drug-likeness (QED) is 0.410. The van der Waals surface area contributed by atoms with Crippen LogP contribution in [0.2, 0.25) is 0 Å². The van der Waals surface area contributed by atoms with Gasteiger partial charge < -0.3 is 16.0 Å². The number of rotatable bonds is 5. The number of hydrogen-bond donors (Lipinski definition) is 2. The van der Waals surface area contributed by atoms with Crippen LogP contribution in [0.15, 0.2) is 48.9 Å². The van der Waals surface area contributed by atoms with Gasteiger partial charge in [-0.2, -0.15) is 5.10 Å². The predicted octanol–water partition coefficient (Wildman–Crippen LogP) is 4.08. The van der Waals surface area contributed by atoms with Crippen LogP contribution in [0.1, 0.15) is 47.3 Å². The van der Waals surface area contributed by atoms with Crippen LogP contribution in [0, 0.1) is 11.6 Å². The first-order chi connectivity index (χ1) is 18.4. The summed E-state index contributed by atoms with van der Waals surface area (Å²) in [6, 6.07) is 6.04. The van der Waals surface area contributed by atoms with Gasteiger partial charge in [0.05, 0.1) is 41.4 Å². The maximum absolute atomic E-state index is 14.7. The van der Waals surface area contributed by atoms with Crippen molar-refractivity contribution in [1.82, 2.24) is 25.1 Å². The number of amides is 1. The number of nitrogens with two attached hydrogens (primary N) is 1. The highest BCUT2D eigenvalue weighted by Gasteiger charge is 2.36. The Morgan fingerprint density at radius 1 is 1.11 bits per heavy atom. The number of primary amides is 1. The van der Waals surface area contributed by atoms with E-state index in [1.807, 2.05) is 10.9 Å². The summed E-state index contributed by atoms with van der Waals surface area (Å²) in [6.07, 6.45) is 5.58. The Labute approximate surface area is 216 Å². The van der Waals surface area contributed by atoms with Crippen LogP contribution in [0.5, 0.6) is 0 Å². The number of alkyl halides is 1. The predicted molar refractivity (Wildman–Crippen MR) is 136 cm³/mol. The molecule has 4 aromatic rings. The Morgan fingerprint density at radius 2 is 1.92 bits per heavy atom. The van der Waals surface area contributed by atoms with Crippen molar-refractivity contribution >= 4 is 22.8 Å². The summed E-state index contributed by atoms with van der Waals surface area (Å²) in [4.78, 5) is 23.2. The maximum Gasteiger partial charge on any atom is 0.250 e. The van der Waals surface area contributed by atoms with Crippen molar-refractivity contribution in [3.63, 3.8) is 0 Å². The van der Waals surface area contributed by atoms with Gasteiger partial charge in [0.2, 0.25) is 0 Å². The highest BCUT2D eigenvalue weighted by Crippen LogP contribution is 2.39. The number of nitrogens with one attached hydrogen (secondary N) is 1. The molecule has 2 fully saturated rings. The molecule has 0 unspecified atom stereocenters. The Kier molecular flexibility index (Phi) is 6.22. The van der Waals surface area contributed by atoms with E-state index < -0.39 is 29.8 Å². The second-order valence-electron chi connectivity index (χ2n) is 9.81. The molecule has 2 aliphatic heterocycles. The third-order valence-electron chi connectivity index (χ3n) is 7.40. The molecule has 0 radical (unpaired) electrons. The molecule has 6 rings (SSSR count). The molecule has 0 aliphatic carbocycles. The number of halogens is 3. The van der Waals surface area contributed by atoms with E-state index in [4.69, 9.17) is 10.7 Å². The molecule has 0 saturated carbocycles. The van der Waals surface area contributed by atoms with Crippen LogP contribution in [0.3, 0.4) is 0 Å². The zero-order chi connectivity index (χ0) is 26.4. The van der Waals surface area contributed by atoms with Gasteiger partial charge in [-0.3, -0.25) is 14.5 Å². The number of aromatic nitrogens is 4. The highest BCUT2D eigenvalue weighted by molar-refractivity contribution is 6.07. The van der Waals surface area contributed by atoms with Crippen molar-refractivity contribution in [2.45, 2.75) is 37.5 Å². The molecule has 3 aromatic heterocycles. The normalized spacial score (nSPS) is 20.3. The number of hydrogen-bond acceptors (Lipinski definition) is 6. The van der Waals surface area contributed by atoms with E-state index in [9.17, 15) is 18.0 Å². The third kappa shape index (κ3) is 4.36. The van der Waals surface area contributed by atoms with Crippen LogP contribution in [-0.4, -0.2) is 51.5 Å². The largest absolute Gasteiger partial charge is 0.366 e. The molecule has 2 aliphatic rings. The fraction of sp³-hybridized carbons (Fsp3) is 0.333.